The quantitative estimate of drug-likeness (QED) is 0.367. The topological polar surface area (TPSA) is 54.2 Å². The number of aliphatic imine (C=N–C) groups is 1. The van der Waals surface area contributed by atoms with E-state index in [9.17, 15) is 0 Å². The molecule has 0 aliphatic rings. The lowest BCUT2D eigenvalue weighted by molar-refractivity contribution is 0.725. The van der Waals surface area contributed by atoms with Crippen LogP contribution in [0.2, 0.25) is 0 Å². The molecule has 5 nitrogen and oxygen atoms in total. The standard InChI is InChI=1S/C12H23N5.HI/c1-9-11(10(2)17(5)16-9)7-6-8-15-12(13-3)14-4;/h6-8H2,1-5H3,(H2,13,14,15);1H. The SMILES string of the molecule is CN=C(NC)NCCCc1c(C)nn(C)c1C.I. The molecule has 18 heavy (non-hydrogen) atoms. The maximum absolute atomic E-state index is 4.42. The Morgan fingerprint density at radius 3 is 2.50 bits per heavy atom. The number of aryl methyl sites for hydroxylation is 2. The molecule has 1 heterocycles. The average Bonchev–Trinajstić information content (AvgIpc) is 2.55. The molecule has 0 fully saturated rings. The molecule has 0 atom stereocenters. The van der Waals surface area contributed by atoms with Crippen LogP contribution in [-0.2, 0) is 13.5 Å². The van der Waals surface area contributed by atoms with Crippen LogP contribution < -0.4 is 10.6 Å². The van der Waals surface area contributed by atoms with Gasteiger partial charge in [-0.15, -0.1) is 24.0 Å². The van der Waals surface area contributed by atoms with Crippen molar-refractivity contribution >= 4 is 29.9 Å². The van der Waals surface area contributed by atoms with Crippen LogP contribution in [0.1, 0.15) is 23.4 Å². The number of aromatic nitrogens is 2. The Morgan fingerprint density at radius 2 is 2.06 bits per heavy atom. The van der Waals surface area contributed by atoms with Crippen LogP contribution in [0, 0.1) is 13.8 Å². The van der Waals surface area contributed by atoms with Crippen LogP contribution in [-0.4, -0.2) is 36.4 Å². The van der Waals surface area contributed by atoms with Gasteiger partial charge in [0.25, 0.3) is 0 Å². The summed E-state index contributed by atoms with van der Waals surface area (Å²) in [4.78, 5) is 4.07. The Hall–Kier alpha value is -0.790. The fourth-order valence-corrected chi connectivity index (χ4v) is 1.93. The normalized spacial score (nSPS) is 11.1. The molecule has 0 aliphatic carbocycles. The molecule has 0 unspecified atom stereocenters. The van der Waals surface area contributed by atoms with Crippen molar-refractivity contribution in [2.24, 2.45) is 12.0 Å². The van der Waals surface area contributed by atoms with Gasteiger partial charge in [0.05, 0.1) is 5.69 Å². The summed E-state index contributed by atoms with van der Waals surface area (Å²) in [6.45, 7) is 5.11. The number of guanidine groups is 1. The summed E-state index contributed by atoms with van der Waals surface area (Å²) in [6, 6.07) is 0. The minimum atomic E-state index is 0. The van der Waals surface area contributed by atoms with Crippen LogP contribution in [0.3, 0.4) is 0 Å². The minimum absolute atomic E-state index is 0. The number of nitrogens with zero attached hydrogens (tertiary/aromatic N) is 3. The smallest absolute Gasteiger partial charge is 0.190 e. The first-order valence-electron chi connectivity index (χ1n) is 5.97. The van der Waals surface area contributed by atoms with Crippen molar-refractivity contribution in [2.45, 2.75) is 26.7 Å². The third-order valence-corrected chi connectivity index (χ3v) is 3.02. The van der Waals surface area contributed by atoms with E-state index < -0.39 is 0 Å². The summed E-state index contributed by atoms with van der Waals surface area (Å²) in [5.74, 6) is 0.838. The molecule has 0 radical (unpaired) electrons. The van der Waals surface area contributed by atoms with Gasteiger partial charge in [0, 0.05) is 33.4 Å². The molecule has 0 aliphatic heterocycles. The number of hydrogen-bond donors (Lipinski definition) is 2. The Balaban J connectivity index is 0.00000289. The van der Waals surface area contributed by atoms with E-state index in [1.807, 2.05) is 18.8 Å². The molecule has 2 N–H and O–H groups in total. The van der Waals surface area contributed by atoms with E-state index in [0.717, 1.165) is 31.0 Å². The average molecular weight is 365 g/mol. The predicted octanol–water partition coefficient (Wildman–Crippen LogP) is 1.38. The molecule has 1 aromatic rings. The van der Waals surface area contributed by atoms with Gasteiger partial charge in [-0.2, -0.15) is 5.10 Å². The molecule has 0 spiro atoms. The van der Waals surface area contributed by atoms with Gasteiger partial charge in [-0.05, 0) is 32.3 Å². The zero-order valence-electron chi connectivity index (χ0n) is 11.9. The molecule has 6 heteroatoms. The number of hydrogen-bond acceptors (Lipinski definition) is 2. The van der Waals surface area contributed by atoms with Crippen molar-refractivity contribution < 1.29 is 0 Å². The highest BCUT2D eigenvalue weighted by Gasteiger charge is 2.08. The summed E-state index contributed by atoms with van der Waals surface area (Å²) in [5, 5.41) is 10.7. The maximum atomic E-state index is 4.42. The molecule has 104 valence electrons. The third kappa shape index (κ3) is 4.47. The highest BCUT2D eigenvalue weighted by Crippen LogP contribution is 2.13. The van der Waals surface area contributed by atoms with Gasteiger partial charge in [0.15, 0.2) is 5.96 Å². The van der Waals surface area contributed by atoms with Gasteiger partial charge >= 0.3 is 0 Å². The lowest BCUT2D eigenvalue weighted by atomic mass is 10.1. The molecule has 0 aromatic carbocycles. The summed E-state index contributed by atoms with van der Waals surface area (Å²) < 4.78 is 1.95. The third-order valence-electron chi connectivity index (χ3n) is 3.02. The van der Waals surface area contributed by atoms with E-state index in [0.29, 0.717) is 0 Å². The monoisotopic (exact) mass is 365 g/mol. The van der Waals surface area contributed by atoms with Gasteiger partial charge in [0.2, 0.25) is 0 Å². The Labute approximate surface area is 126 Å². The van der Waals surface area contributed by atoms with Crippen LogP contribution in [0.25, 0.3) is 0 Å². The highest BCUT2D eigenvalue weighted by atomic mass is 127. The molecular formula is C12H24IN5. The second-order valence-corrected chi connectivity index (χ2v) is 4.13. The highest BCUT2D eigenvalue weighted by molar-refractivity contribution is 14.0. The second kappa shape index (κ2) is 8.34. The molecule has 0 saturated heterocycles. The molecule has 0 bridgehead atoms. The molecule has 1 rings (SSSR count). The van der Waals surface area contributed by atoms with E-state index in [1.165, 1.54) is 11.3 Å². The Bertz CT molecular complexity index is 397. The van der Waals surface area contributed by atoms with E-state index in [4.69, 9.17) is 0 Å². The summed E-state index contributed by atoms with van der Waals surface area (Å²) in [7, 11) is 5.63. The fourth-order valence-electron chi connectivity index (χ4n) is 1.93. The van der Waals surface area contributed by atoms with Crippen molar-refractivity contribution in [3.63, 3.8) is 0 Å². The summed E-state index contributed by atoms with van der Waals surface area (Å²) in [6.07, 6.45) is 2.13. The fraction of sp³-hybridized carbons (Fsp3) is 0.667. The van der Waals surface area contributed by atoms with E-state index >= 15 is 0 Å². The van der Waals surface area contributed by atoms with E-state index in [-0.39, 0.29) is 24.0 Å². The summed E-state index contributed by atoms with van der Waals surface area (Å²) in [5.41, 5.74) is 3.78. The van der Waals surface area contributed by atoms with Gasteiger partial charge in [0.1, 0.15) is 0 Å². The first-order chi connectivity index (χ1) is 8.10. The molecule has 1 aromatic heterocycles. The van der Waals surface area contributed by atoms with Crippen molar-refractivity contribution in [1.82, 2.24) is 20.4 Å². The van der Waals surface area contributed by atoms with Gasteiger partial charge in [-0.1, -0.05) is 0 Å². The van der Waals surface area contributed by atoms with Gasteiger partial charge in [-0.25, -0.2) is 0 Å². The van der Waals surface area contributed by atoms with Crippen LogP contribution in [0.4, 0.5) is 0 Å². The largest absolute Gasteiger partial charge is 0.359 e. The summed E-state index contributed by atoms with van der Waals surface area (Å²) >= 11 is 0. The molecule has 0 saturated carbocycles. The lowest BCUT2D eigenvalue weighted by Crippen LogP contribution is -2.35. The van der Waals surface area contributed by atoms with Crippen molar-refractivity contribution in [3.05, 3.63) is 17.0 Å². The Kier molecular flexibility index (Phi) is 7.97. The van der Waals surface area contributed by atoms with Crippen molar-refractivity contribution in [3.8, 4) is 0 Å². The first kappa shape index (κ1) is 17.2. The minimum Gasteiger partial charge on any atom is -0.359 e. The van der Waals surface area contributed by atoms with E-state index in [2.05, 4.69) is 34.6 Å². The first-order valence-corrected chi connectivity index (χ1v) is 5.97. The van der Waals surface area contributed by atoms with Gasteiger partial charge < -0.3 is 10.6 Å². The van der Waals surface area contributed by atoms with Crippen molar-refractivity contribution in [2.75, 3.05) is 20.6 Å². The zero-order chi connectivity index (χ0) is 12.8. The maximum Gasteiger partial charge on any atom is 0.190 e. The van der Waals surface area contributed by atoms with Crippen LogP contribution in [0.5, 0.6) is 0 Å². The number of halogens is 1. The van der Waals surface area contributed by atoms with Crippen LogP contribution in [0.15, 0.2) is 4.99 Å². The molecule has 0 amide bonds. The second-order valence-electron chi connectivity index (χ2n) is 4.13. The number of rotatable bonds is 4. The lowest BCUT2D eigenvalue weighted by Gasteiger charge is -2.08. The van der Waals surface area contributed by atoms with Crippen molar-refractivity contribution in [1.29, 1.82) is 0 Å². The Morgan fingerprint density at radius 1 is 1.39 bits per heavy atom. The van der Waals surface area contributed by atoms with Gasteiger partial charge in [-0.3, -0.25) is 9.67 Å². The van der Waals surface area contributed by atoms with E-state index in [1.54, 1.807) is 7.05 Å². The zero-order valence-corrected chi connectivity index (χ0v) is 14.2. The molecular weight excluding hydrogens is 341 g/mol. The predicted molar refractivity (Wildman–Crippen MR) is 86.8 cm³/mol. The number of nitrogens with one attached hydrogen (secondary N) is 2. The van der Waals surface area contributed by atoms with Crippen LogP contribution >= 0.6 is 24.0 Å².